The van der Waals surface area contributed by atoms with Gasteiger partial charge < -0.3 is 15.2 Å². The molecule has 0 aliphatic rings. The molecule has 0 aliphatic carbocycles. The van der Waals surface area contributed by atoms with E-state index in [-0.39, 0.29) is 0 Å². The monoisotopic (exact) mass is 308 g/mol. The summed E-state index contributed by atoms with van der Waals surface area (Å²) in [6, 6.07) is 9.59. The topological polar surface area (TPSA) is 57.4 Å². The Morgan fingerprint density at radius 3 is 2.50 bits per heavy atom. The number of nitrogens with zero attached hydrogens (tertiary/aromatic N) is 1. The van der Waals surface area contributed by atoms with E-state index < -0.39 is 0 Å². The minimum Gasteiger partial charge on any atom is -0.490 e. The van der Waals surface area contributed by atoms with Crippen molar-refractivity contribution >= 4 is 21.6 Å². The Balaban J connectivity index is 1.82. The molecule has 1 aromatic heterocycles. The molecule has 0 saturated heterocycles. The number of nitrogens with two attached hydrogens (primary N) is 1. The largest absolute Gasteiger partial charge is 0.490 e. The lowest BCUT2D eigenvalue weighted by molar-refractivity contribution is 0.217. The van der Waals surface area contributed by atoms with Crippen LogP contribution in [0, 0.1) is 0 Å². The van der Waals surface area contributed by atoms with E-state index in [9.17, 15) is 0 Å². The van der Waals surface area contributed by atoms with Gasteiger partial charge in [0.25, 0.3) is 0 Å². The Hall–Kier alpha value is -1.75. The van der Waals surface area contributed by atoms with Crippen LogP contribution in [0.15, 0.2) is 47.2 Å². The first kappa shape index (κ1) is 12.7. The lowest BCUT2D eigenvalue weighted by atomic mass is 10.3. The number of hydrogen-bond acceptors (Lipinski definition) is 4. The van der Waals surface area contributed by atoms with Crippen LogP contribution in [0.3, 0.4) is 0 Å². The average molecular weight is 309 g/mol. The zero-order chi connectivity index (χ0) is 12.8. The summed E-state index contributed by atoms with van der Waals surface area (Å²) in [5, 5.41) is 0. The zero-order valence-corrected chi connectivity index (χ0v) is 11.3. The summed E-state index contributed by atoms with van der Waals surface area (Å²) in [6.45, 7) is 0.875. The van der Waals surface area contributed by atoms with Crippen LogP contribution in [0.25, 0.3) is 0 Å². The third-order valence-electron chi connectivity index (χ3n) is 2.22. The first-order valence-corrected chi connectivity index (χ1v) is 6.26. The summed E-state index contributed by atoms with van der Waals surface area (Å²) in [5.74, 6) is 1.42. The van der Waals surface area contributed by atoms with Crippen LogP contribution >= 0.6 is 15.9 Å². The Labute approximate surface area is 114 Å². The first-order chi connectivity index (χ1) is 8.77. The van der Waals surface area contributed by atoms with Gasteiger partial charge in [-0.1, -0.05) is 18.2 Å². The molecule has 0 fully saturated rings. The van der Waals surface area contributed by atoms with Gasteiger partial charge in [0.15, 0.2) is 5.75 Å². The van der Waals surface area contributed by atoms with Crippen LogP contribution < -0.4 is 15.2 Å². The molecule has 0 aliphatic heterocycles. The van der Waals surface area contributed by atoms with E-state index in [0.717, 1.165) is 10.2 Å². The van der Waals surface area contributed by atoms with Crippen molar-refractivity contribution in [3.63, 3.8) is 0 Å². The fraction of sp³-hybridized carbons (Fsp3) is 0.154. The van der Waals surface area contributed by atoms with Crippen LogP contribution in [-0.2, 0) is 0 Å². The molecule has 4 nitrogen and oxygen atoms in total. The molecule has 0 spiro atoms. The average Bonchev–Trinajstić information content (AvgIpc) is 2.38. The van der Waals surface area contributed by atoms with E-state index in [2.05, 4.69) is 20.9 Å². The second kappa shape index (κ2) is 6.26. The molecule has 0 saturated carbocycles. The number of hydrogen-bond donors (Lipinski definition) is 1. The molecule has 1 heterocycles. The predicted molar refractivity (Wildman–Crippen MR) is 73.8 cm³/mol. The Morgan fingerprint density at radius 2 is 1.78 bits per heavy atom. The highest BCUT2D eigenvalue weighted by molar-refractivity contribution is 9.10. The van der Waals surface area contributed by atoms with Crippen molar-refractivity contribution in [3.05, 3.63) is 47.2 Å². The van der Waals surface area contributed by atoms with Gasteiger partial charge in [-0.15, -0.1) is 0 Å². The van der Waals surface area contributed by atoms with Crippen molar-refractivity contribution in [1.82, 2.24) is 4.98 Å². The number of aromatic nitrogens is 1. The molecular weight excluding hydrogens is 296 g/mol. The predicted octanol–water partition coefficient (Wildman–Crippen LogP) is 2.88. The van der Waals surface area contributed by atoms with Gasteiger partial charge in [-0.3, -0.25) is 4.98 Å². The molecule has 18 heavy (non-hydrogen) atoms. The van der Waals surface area contributed by atoms with Crippen molar-refractivity contribution in [2.24, 2.45) is 0 Å². The van der Waals surface area contributed by atoms with Crippen LogP contribution in [0.4, 0.5) is 5.69 Å². The Morgan fingerprint density at radius 1 is 1.06 bits per heavy atom. The summed E-state index contributed by atoms with van der Waals surface area (Å²) < 4.78 is 11.8. The lowest BCUT2D eigenvalue weighted by Gasteiger charge is -2.11. The molecule has 2 N–H and O–H groups in total. The molecule has 2 aromatic rings. The Kier molecular flexibility index (Phi) is 4.41. The molecule has 2 rings (SSSR count). The van der Waals surface area contributed by atoms with Crippen LogP contribution in [-0.4, -0.2) is 18.2 Å². The molecule has 5 heteroatoms. The first-order valence-electron chi connectivity index (χ1n) is 5.47. The van der Waals surface area contributed by atoms with E-state index in [0.29, 0.717) is 24.7 Å². The maximum absolute atomic E-state index is 5.76. The molecule has 0 bridgehead atoms. The number of rotatable bonds is 5. The number of ether oxygens (including phenoxy) is 2. The quantitative estimate of drug-likeness (QED) is 0.863. The van der Waals surface area contributed by atoms with Gasteiger partial charge in [0.05, 0.1) is 16.4 Å². The van der Waals surface area contributed by atoms with Gasteiger partial charge >= 0.3 is 0 Å². The second-order valence-corrected chi connectivity index (χ2v) is 4.40. The molecule has 1 aromatic carbocycles. The van der Waals surface area contributed by atoms with E-state index in [4.69, 9.17) is 15.2 Å². The van der Waals surface area contributed by atoms with Crippen molar-refractivity contribution in [3.8, 4) is 11.5 Å². The maximum atomic E-state index is 5.76. The normalized spacial score (nSPS) is 10.1. The number of anilines is 1. The van der Waals surface area contributed by atoms with Crippen molar-refractivity contribution in [2.45, 2.75) is 0 Å². The van der Waals surface area contributed by atoms with Gasteiger partial charge in [-0.2, -0.15) is 0 Å². The standard InChI is InChI=1S/C13H13BrN2O2/c14-11-8-16-9-12(15)13(11)18-7-6-17-10-4-2-1-3-5-10/h1-5,8-9H,6-7,15H2. The van der Waals surface area contributed by atoms with Gasteiger partial charge in [-0.25, -0.2) is 0 Å². The van der Waals surface area contributed by atoms with Gasteiger partial charge in [-0.05, 0) is 28.1 Å². The van der Waals surface area contributed by atoms with Crippen molar-refractivity contribution in [1.29, 1.82) is 0 Å². The van der Waals surface area contributed by atoms with Crippen molar-refractivity contribution in [2.75, 3.05) is 18.9 Å². The second-order valence-electron chi connectivity index (χ2n) is 3.55. The van der Waals surface area contributed by atoms with E-state index in [1.165, 1.54) is 0 Å². The number of para-hydroxylation sites is 1. The lowest BCUT2D eigenvalue weighted by Crippen LogP contribution is -2.10. The molecular formula is C13H13BrN2O2. The summed E-state index contributed by atoms with van der Waals surface area (Å²) in [6.07, 6.45) is 3.20. The summed E-state index contributed by atoms with van der Waals surface area (Å²) in [5.41, 5.74) is 6.26. The number of halogens is 1. The fourth-order valence-corrected chi connectivity index (χ4v) is 1.87. The van der Waals surface area contributed by atoms with E-state index in [1.807, 2.05) is 30.3 Å². The number of nitrogen functional groups attached to an aromatic ring is 1. The van der Waals surface area contributed by atoms with Gasteiger partial charge in [0, 0.05) is 6.20 Å². The van der Waals surface area contributed by atoms with E-state index >= 15 is 0 Å². The molecule has 0 unspecified atom stereocenters. The summed E-state index contributed by atoms with van der Waals surface area (Å²) in [4.78, 5) is 3.94. The minimum absolute atomic E-state index is 0.418. The third kappa shape index (κ3) is 3.37. The third-order valence-corrected chi connectivity index (χ3v) is 2.79. The fourth-order valence-electron chi connectivity index (χ4n) is 1.41. The highest BCUT2D eigenvalue weighted by atomic mass is 79.9. The molecule has 0 amide bonds. The molecule has 0 atom stereocenters. The summed E-state index contributed by atoms with van der Waals surface area (Å²) >= 11 is 3.34. The SMILES string of the molecule is Nc1cncc(Br)c1OCCOc1ccccc1. The van der Waals surface area contributed by atoms with Crippen LogP contribution in [0.5, 0.6) is 11.5 Å². The number of benzene rings is 1. The maximum Gasteiger partial charge on any atom is 0.159 e. The van der Waals surface area contributed by atoms with Gasteiger partial charge in [0.2, 0.25) is 0 Å². The van der Waals surface area contributed by atoms with E-state index in [1.54, 1.807) is 12.4 Å². The highest BCUT2D eigenvalue weighted by Gasteiger charge is 2.05. The highest BCUT2D eigenvalue weighted by Crippen LogP contribution is 2.29. The Bertz CT molecular complexity index is 485. The van der Waals surface area contributed by atoms with Gasteiger partial charge in [0.1, 0.15) is 19.0 Å². The number of pyridine rings is 1. The summed E-state index contributed by atoms with van der Waals surface area (Å²) in [7, 11) is 0. The minimum atomic E-state index is 0.418. The molecule has 0 radical (unpaired) electrons. The van der Waals surface area contributed by atoms with Crippen LogP contribution in [0.1, 0.15) is 0 Å². The van der Waals surface area contributed by atoms with Crippen molar-refractivity contribution < 1.29 is 9.47 Å². The zero-order valence-electron chi connectivity index (χ0n) is 9.67. The van der Waals surface area contributed by atoms with Crippen LogP contribution in [0.2, 0.25) is 0 Å². The molecule has 94 valence electrons. The smallest absolute Gasteiger partial charge is 0.159 e.